The van der Waals surface area contributed by atoms with Crippen molar-refractivity contribution < 1.29 is 9.90 Å². The Morgan fingerprint density at radius 2 is 1.88 bits per heavy atom. The van der Waals surface area contributed by atoms with Crippen LogP contribution < -0.4 is 0 Å². The molecule has 4 nitrogen and oxygen atoms in total. The maximum Gasteiger partial charge on any atom is 0.335 e. The summed E-state index contributed by atoms with van der Waals surface area (Å²) in [7, 11) is 0. The number of carbonyl (C=O) groups is 1. The molecule has 6 rings (SSSR count). The Morgan fingerprint density at radius 3 is 2.59 bits per heavy atom. The third-order valence-corrected chi connectivity index (χ3v) is 8.09. The minimum absolute atomic E-state index is 0.307. The number of likely N-dealkylation sites (tertiary alicyclic amines) is 1. The van der Waals surface area contributed by atoms with Gasteiger partial charge in [0.1, 0.15) is 0 Å². The lowest BCUT2D eigenvalue weighted by Gasteiger charge is -2.40. The van der Waals surface area contributed by atoms with E-state index in [-0.39, 0.29) is 0 Å². The number of rotatable bonds is 5. The number of aromatic nitrogens is 1. The van der Waals surface area contributed by atoms with Gasteiger partial charge < -0.3 is 10.1 Å². The normalized spacial score (nSPS) is 23.0. The number of H-pyrrole nitrogens is 1. The molecule has 1 aliphatic heterocycles. The number of benzene rings is 2. The standard InChI is InChI=1S/C30H32N2O2/c1-19-16-25(5-4-20-2-3-20)27(26-12-14-31-29(19)26)18-32-15-13-24(21-6-7-21)17-28(32)22-8-10-23(11-9-22)30(33)34/h8-12,14,16,20-21,24,28,31H,2-3,6-7,13,15,17-18H2,1H3,(H,33,34)/t24-,28-/m0/s1. The van der Waals surface area contributed by atoms with Crippen LogP contribution in [0.3, 0.4) is 0 Å². The zero-order chi connectivity index (χ0) is 23.2. The first-order chi connectivity index (χ1) is 16.6. The van der Waals surface area contributed by atoms with Crippen molar-refractivity contribution >= 4 is 16.9 Å². The molecule has 1 saturated heterocycles. The zero-order valence-corrected chi connectivity index (χ0v) is 19.8. The average molecular weight is 453 g/mol. The molecule has 174 valence electrons. The summed E-state index contributed by atoms with van der Waals surface area (Å²) in [6.45, 7) is 4.10. The molecule has 34 heavy (non-hydrogen) atoms. The Hall–Kier alpha value is -3.03. The molecule has 3 aliphatic rings. The Morgan fingerprint density at radius 1 is 1.09 bits per heavy atom. The van der Waals surface area contributed by atoms with Crippen molar-refractivity contribution in [2.75, 3.05) is 6.54 Å². The summed E-state index contributed by atoms with van der Waals surface area (Å²) in [5.41, 5.74) is 6.54. The molecule has 1 aromatic heterocycles. The first kappa shape index (κ1) is 21.5. The highest BCUT2D eigenvalue weighted by Gasteiger charge is 2.38. The van der Waals surface area contributed by atoms with Crippen molar-refractivity contribution in [3.8, 4) is 11.8 Å². The maximum atomic E-state index is 11.4. The molecule has 3 fully saturated rings. The highest BCUT2D eigenvalue weighted by Crippen LogP contribution is 2.47. The van der Waals surface area contributed by atoms with E-state index in [1.807, 2.05) is 18.3 Å². The van der Waals surface area contributed by atoms with Crippen molar-refractivity contribution in [3.63, 3.8) is 0 Å². The van der Waals surface area contributed by atoms with E-state index in [4.69, 9.17) is 0 Å². The van der Waals surface area contributed by atoms with Gasteiger partial charge in [-0.25, -0.2) is 4.79 Å². The van der Waals surface area contributed by atoms with Gasteiger partial charge in [0, 0.05) is 41.2 Å². The molecule has 0 unspecified atom stereocenters. The third kappa shape index (κ3) is 4.26. The molecule has 0 amide bonds. The lowest BCUT2D eigenvalue weighted by Crippen LogP contribution is -2.37. The van der Waals surface area contributed by atoms with Crippen molar-refractivity contribution in [1.29, 1.82) is 0 Å². The first-order valence-corrected chi connectivity index (χ1v) is 12.7. The summed E-state index contributed by atoms with van der Waals surface area (Å²) in [5, 5.41) is 10.6. The Balaban J connectivity index is 1.36. The van der Waals surface area contributed by atoms with Gasteiger partial charge in [-0.05, 0) is 105 Å². The second-order valence-electron chi connectivity index (χ2n) is 10.6. The summed E-state index contributed by atoms with van der Waals surface area (Å²) in [6.07, 6.45) is 9.66. The van der Waals surface area contributed by atoms with Crippen LogP contribution in [0.5, 0.6) is 0 Å². The second-order valence-corrected chi connectivity index (χ2v) is 10.6. The number of hydrogen-bond donors (Lipinski definition) is 2. The fourth-order valence-corrected chi connectivity index (χ4v) is 5.78. The molecule has 0 spiro atoms. The molecule has 3 aromatic rings. The lowest BCUT2D eigenvalue weighted by molar-refractivity contribution is 0.0696. The quantitative estimate of drug-likeness (QED) is 0.447. The van der Waals surface area contributed by atoms with Gasteiger partial charge >= 0.3 is 5.97 Å². The third-order valence-electron chi connectivity index (χ3n) is 8.09. The van der Waals surface area contributed by atoms with Crippen LogP contribution in [-0.4, -0.2) is 27.5 Å². The van der Waals surface area contributed by atoms with Crippen molar-refractivity contribution in [2.24, 2.45) is 17.8 Å². The maximum absolute atomic E-state index is 11.4. The number of aromatic carboxylic acids is 1. The summed E-state index contributed by atoms with van der Waals surface area (Å²) in [6, 6.07) is 12.4. The van der Waals surface area contributed by atoms with Gasteiger partial charge in [-0.3, -0.25) is 4.90 Å². The monoisotopic (exact) mass is 452 g/mol. The smallest absolute Gasteiger partial charge is 0.335 e. The van der Waals surface area contributed by atoms with Crippen LogP contribution in [0.4, 0.5) is 0 Å². The minimum Gasteiger partial charge on any atom is -0.478 e. The molecule has 2 atom stereocenters. The van der Waals surface area contributed by atoms with Crippen LogP contribution in [0.1, 0.15) is 77.2 Å². The number of nitrogens with one attached hydrogen (secondary N) is 1. The molecule has 2 saturated carbocycles. The molecule has 2 aromatic carbocycles. The molecule has 2 N–H and O–H groups in total. The number of hydrogen-bond acceptors (Lipinski definition) is 2. The molecular formula is C30H32N2O2. The number of piperidine rings is 1. The number of nitrogens with zero attached hydrogens (tertiary/aromatic N) is 1. The Bertz CT molecular complexity index is 1290. The van der Waals surface area contributed by atoms with E-state index in [1.165, 1.54) is 65.3 Å². The van der Waals surface area contributed by atoms with Crippen LogP contribution in [-0.2, 0) is 6.54 Å². The molecule has 4 heteroatoms. The van der Waals surface area contributed by atoms with Crippen LogP contribution in [0.25, 0.3) is 10.9 Å². The minimum atomic E-state index is -0.865. The van der Waals surface area contributed by atoms with Crippen LogP contribution in [0.2, 0.25) is 0 Å². The van der Waals surface area contributed by atoms with Gasteiger partial charge in [-0.1, -0.05) is 24.0 Å². The van der Waals surface area contributed by atoms with E-state index in [0.717, 1.165) is 31.3 Å². The Labute approximate surface area is 201 Å². The topological polar surface area (TPSA) is 56.3 Å². The molecule has 2 aliphatic carbocycles. The summed E-state index contributed by atoms with van der Waals surface area (Å²) >= 11 is 0. The van der Waals surface area contributed by atoms with Crippen molar-refractivity contribution in [3.05, 3.63) is 70.4 Å². The largest absolute Gasteiger partial charge is 0.478 e. The molecule has 0 bridgehead atoms. The number of carboxylic acids is 1. The number of aryl methyl sites for hydroxylation is 1. The van der Waals surface area contributed by atoms with E-state index < -0.39 is 5.97 Å². The number of fused-ring (bicyclic) bond motifs is 1. The predicted molar refractivity (Wildman–Crippen MR) is 135 cm³/mol. The fourth-order valence-electron chi connectivity index (χ4n) is 5.78. The first-order valence-electron chi connectivity index (χ1n) is 12.7. The van der Waals surface area contributed by atoms with E-state index in [1.54, 1.807) is 12.1 Å². The average Bonchev–Trinajstić information content (AvgIpc) is 3.78. The second kappa shape index (κ2) is 8.64. The Kier molecular flexibility index (Phi) is 5.46. The van der Waals surface area contributed by atoms with Crippen LogP contribution in [0, 0.1) is 36.5 Å². The molecular weight excluding hydrogens is 420 g/mol. The fraction of sp³-hybridized carbons (Fsp3) is 0.433. The number of aromatic amines is 1. The van der Waals surface area contributed by atoms with E-state index in [9.17, 15) is 9.90 Å². The van der Waals surface area contributed by atoms with Crippen molar-refractivity contribution in [1.82, 2.24) is 9.88 Å². The summed E-state index contributed by atoms with van der Waals surface area (Å²) in [5.74, 6) is 8.41. The predicted octanol–water partition coefficient (Wildman–Crippen LogP) is 6.30. The van der Waals surface area contributed by atoms with Gasteiger partial charge in [0.2, 0.25) is 0 Å². The zero-order valence-electron chi connectivity index (χ0n) is 19.8. The van der Waals surface area contributed by atoms with Crippen LogP contribution in [0.15, 0.2) is 42.6 Å². The molecule has 0 radical (unpaired) electrons. The van der Waals surface area contributed by atoms with Gasteiger partial charge in [0.25, 0.3) is 0 Å². The van der Waals surface area contributed by atoms with E-state index in [0.29, 0.717) is 17.5 Å². The van der Waals surface area contributed by atoms with Gasteiger partial charge in [0.15, 0.2) is 0 Å². The van der Waals surface area contributed by atoms with Gasteiger partial charge in [-0.15, -0.1) is 0 Å². The van der Waals surface area contributed by atoms with Gasteiger partial charge in [0.05, 0.1) is 5.56 Å². The highest BCUT2D eigenvalue weighted by molar-refractivity contribution is 5.88. The van der Waals surface area contributed by atoms with Gasteiger partial charge in [-0.2, -0.15) is 0 Å². The van der Waals surface area contributed by atoms with Crippen LogP contribution >= 0.6 is 0 Å². The SMILES string of the molecule is Cc1cc(C#CC2CC2)c(CN2CC[C@H](C3CC3)C[C@H]2c2ccc(C(=O)O)cc2)c2cc[nH]c12. The lowest BCUT2D eigenvalue weighted by atomic mass is 9.83. The highest BCUT2D eigenvalue weighted by atomic mass is 16.4. The van der Waals surface area contributed by atoms with Crippen molar-refractivity contribution in [2.45, 2.75) is 58.0 Å². The van der Waals surface area contributed by atoms with E-state index >= 15 is 0 Å². The number of carboxylic acid groups (broad SMARTS) is 1. The summed E-state index contributed by atoms with van der Waals surface area (Å²) < 4.78 is 0. The summed E-state index contributed by atoms with van der Waals surface area (Å²) in [4.78, 5) is 17.5. The molecule has 2 heterocycles. The van der Waals surface area contributed by atoms with E-state index in [2.05, 4.69) is 40.8 Å².